The number of rotatable bonds is 3. The maximum Gasteiger partial charge on any atom is 0.262 e. The average Bonchev–Trinajstić information content (AvgIpc) is 2.31. The SMILES string of the molecule is CC(C)NC(=O)/C(C#N)=C\c1cc(I)c(O)c(I)c1. The third kappa shape index (κ3) is 4.65. The number of halogens is 2. The molecule has 0 bridgehead atoms. The molecule has 100 valence electrons. The zero-order chi connectivity index (χ0) is 14.6. The van der Waals surface area contributed by atoms with Gasteiger partial charge < -0.3 is 10.4 Å². The van der Waals surface area contributed by atoms with Gasteiger partial charge in [-0.2, -0.15) is 5.26 Å². The van der Waals surface area contributed by atoms with E-state index in [2.05, 4.69) is 5.32 Å². The minimum absolute atomic E-state index is 0.0238. The van der Waals surface area contributed by atoms with Crippen LogP contribution in [0.5, 0.6) is 5.75 Å². The van der Waals surface area contributed by atoms with Gasteiger partial charge in [0.1, 0.15) is 17.4 Å². The molecule has 0 atom stereocenters. The highest BCUT2D eigenvalue weighted by molar-refractivity contribution is 14.1. The van der Waals surface area contributed by atoms with E-state index >= 15 is 0 Å². The number of amides is 1. The van der Waals surface area contributed by atoms with E-state index in [1.807, 2.05) is 65.1 Å². The number of phenolic OH excluding ortho intramolecular Hbond substituents is 1. The van der Waals surface area contributed by atoms with E-state index in [0.29, 0.717) is 12.7 Å². The average molecular weight is 482 g/mol. The lowest BCUT2D eigenvalue weighted by atomic mass is 10.1. The zero-order valence-electron chi connectivity index (χ0n) is 10.4. The maximum absolute atomic E-state index is 11.8. The van der Waals surface area contributed by atoms with Crippen molar-refractivity contribution in [3.05, 3.63) is 30.4 Å². The normalized spacial score (nSPS) is 11.3. The fraction of sp³-hybridized carbons (Fsp3) is 0.231. The van der Waals surface area contributed by atoms with Gasteiger partial charge in [0.2, 0.25) is 0 Å². The number of carbonyl (C=O) groups excluding carboxylic acids is 1. The Labute approximate surface area is 139 Å². The standard InChI is InChI=1S/C13H12I2N2O2/c1-7(2)17-13(19)9(6-16)3-8-4-10(14)12(18)11(15)5-8/h3-5,7,18H,1-2H3,(H,17,19)/b9-3-. The summed E-state index contributed by atoms with van der Waals surface area (Å²) in [5.74, 6) is -0.181. The molecule has 1 amide bonds. The molecule has 19 heavy (non-hydrogen) atoms. The molecule has 0 fully saturated rings. The van der Waals surface area contributed by atoms with Crippen LogP contribution in [0.4, 0.5) is 0 Å². The molecule has 0 aliphatic carbocycles. The molecule has 0 saturated carbocycles. The van der Waals surface area contributed by atoms with Gasteiger partial charge in [-0.1, -0.05) is 0 Å². The predicted molar refractivity (Wildman–Crippen MR) is 90.4 cm³/mol. The van der Waals surface area contributed by atoms with Crippen LogP contribution in [0.3, 0.4) is 0 Å². The van der Waals surface area contributed by atoms with E-state index < -0.39 is 5.91 Å². The summed E-state index contributed by atoms with van der Waals surface area (Å²) in [5.41, 5.74) is 0.757. The number of aromatic hydroxyl groups is 1. The number of nitrogens with zero attached hydrogens (tertiary/aromatic N) is 1. The van der Waals surface area contributed by atoms with Crippen LogP contribution in [0.1, 0.15) is 19.4 Å². The number of nitriles is 1. The number of carbonyl (C=O) groups is 1. The highest BCUT2D eigenvalue weighted by Gasteiger charge is 2.11. The Hall–Kier alpha value is -0.820. The molecule has 2 N–H and O–H groups in total. The van der Waals surface area contributed by atoms with Gasteiger partial charge >= 0.3 is 0 Å². The summed E-state index contributed by atoms with van der Waals surface area (Å²) in [4.78, 5) is 11.8. The molecule has 0 unspecified atom stereocenters. The topological polar surface area (TPSA) is 73.1 Å². The van der Waals surface area contributed by atoms with E-state index in [1.54, 1.807) is 12.1 Å². The largest absolute Gasteiger partial charge is 0.506 e. The highest BCUT2D eigenvalue weighted by Crippen LogP contribution is 2.28. The van der Waals surface area contributed by atoms with Gasteiger partial charge in [0.25, 0.3) is 5.91 Å². The van der Waals surface area contributed by atoms with Gasteiger partial charge in [0.05, 0.1) is 7.14 Å². The molecule has 1 rings (SSSR count). The van der Waals surface area contributed by atoms with Crippen molar-refractivity contribution in [3.8, 4) is 11.8 Å². The Kier molecular flexibility index (Phi) is 6.06. The van der Waals surface area contributed by atoms with Crippen molar-refractivity contribution in [1.29, 1.82) is 5.26 Å². The van der Waals surface area contributed by atoms with Crippen molar-refractivity contribution >= 4 is 57.2 Å². The fourth-order valence-corrected chi connectivity index (χ4v) is 3.14. The molecular formula is C13H12I2N2O2. The van der Waals surface area contributed by atoms with E-state index in [4.69, 9.17) is 5.26 Å². The summed E-state index contributed by atoms with van der Waals surface area (Å²) in [7, 11) is 0. The highest BCUT2D eigenvalue weighted by atomic mass is 127. The molecule has 1 aromatic carbocycles. The lowest BCUT2D eigenvalue weighted by Gasteiger charge is -2.07. The van der Waals surface area contributed by atoms with Crippen LogP contribution in [0, 0.1) is 18.5 Å². The first kappa shape index (κ1) is 16.2. The molecule has 0 aromatic heterocycles. The first-order chi connectivity index (χ1) is 8.85. The third-order valence-electron chi connectivity index (χ3n) is 2.14. The summed E-state index contributed by atoms with van der Waals surface area (Å²) in [6, 6.07) is 5.31. The monoisotopic (exact) mass is 482 g/mol. The van der Waals surface area contributed by atoms with Gasteiger partial charge in [-0.05, 0) is 82.8 Å². The van der Waals surface area contributed by atoms with Crippen molar-refractivity contribution in [3.63, 3.8) is 0 Å². The number of phenols is 1. The quantitative estimate of drug-likeness (QED) is 0.396. The van der Waals surface area contributed by atoms with Crippen LogP contribution in [-0.2, 0) is 4.79 Å². The predicted octanol–water partition coefficient (Wildman–Crippen LogP) is 3.03. The molecule has 1 aromatic rings. The Morgan fingerprint density at radius 1 is 1.42 bits per heavy atom. The van der Waals surface area contributed by atoms with Crippen LogP contribution >= 0.6 is 45.2 Å². The first-order valence-corrected chi connectivity index (χ1v) is 7.61. The number of nitrogens with one attached hydrogen (secondary N) is 1. The maximum atomic E-state index is 11.8. The van der Waals surface area contributed by atoms with Crippen LogP contribution < -0.4 is 5.32 Å². The second kappa shape index (κ2) is 7.09. The summed E-state index contributed by atoms with van der Waals surface area (Å²) in [5, 5.41) is 21.4. The van der Waals surface area contributed by atoms with Gasteiger partial charge in [0, 0.05) is 6.04 Å². The van der Waals surface area contributed by atoms with Crippen molar-refractivity contribution in [2.24, 2.45) is 0 Å². The fourth-order valence-electron chi connectivity index (χ4n) is 1.32. The van der Waals surface area contributed by atoms with Crippen molar-refractivity contribution in [2.75, 3.05) is 0 Å². The van der Waals surface area contributed by atoms with E-state index in [-0.39, 0.29) is 17.4 Å². The molecule has 0 spiro atoms. The minimum Gasteiger partial charge on any atom is -0.506 e. The second-order valence-electron chi connectivity index (χ2n) is 4.13. The summed E-state index contributed by atoms with van der Waals surface area (Å²) >= 11 is 4.01. The molecular weight excluding hydrogens is 470 g/mol. The van der Waals surface area contributed by atoms with E-state index in [9.17, 15) is 9.90 Å². The molecule has 0 radical (unpaired) electrons. The molecule has 0 aliphatic rings. The number of hydrogen-bond acceptors (Lipinski definition) is 3. The molecule has 0 aliphatic heterocycles. The second-order valence-corrected chi connectivity index (χ2v) is 6.46. The van der Waals surface area contributed by atoms with Gasteiger partial charge in [-0.25, -0.2) is 0 Å². The molecule has 0 heterocycles. The third-order valence-corrected chi connectivity index (χ3v) is 3.78. The zero-order valence-corrected chi connectivity index (χ0v) is 14.7. The lowest BCUT2D eigenvalue weighted by molar-refractivity contribution is -0.117. The van der Waals surface area contributed by atoms with Crippen LogP contribution in [0.15, 0.2) is 17.7 Å². The lowest BCUT2D eigenvalue weighted by Crippen LogP contribution is -2.30. The number of benzene rings is 1. The Balaban J connectivity index is 3.12. The molecule has 4 nitrogen and oxygen atoms in total. The smallest absolute Gasteiger partial charge is 0.262 e. The van der Waals surface area contributed by atoms with E-state index in [0.717, 1.165) is 0 Å². The van der Waals surface area contributed by atoms with Gasteiger partial charge in [-0.3, -0.25) is 4.79 Å². The summed E-state index contributed by atoms with van der Waals surface area (Å²) in [6.07, 6.45) is 1.52. The molecule has 6 heteroatoms. The van der Waals surface area contributed by atoms with Crippen LogP contribution in [0.2, 0.25) is 0 Å². The Bertz CT molecular complexity index is 551. The minimum atomic E-state index is -0.393. The van der Waals surface area contributed by atoms with Crippen LogP contribution in [0.25, 0.3) is 6.08 Å². The van der Waals surface area contributed by atoms with Crippen molar-refractivity contribution < 1.29 is 9.90 Å². The Morgan fingerprint density at radius 2 is 1.95 bits per heavy atom. The van der Waals surface area contributed by atoms with E-state index in [1.165, 1.54) is 6.08 Å². The van der Waals surface area contributed by atoms with Gasteiger partial charge in [0.15, 0.2) is 0 Å². The van der Waals surface area contributed by atoms with Gasteiger partial charge in [-0.15, -0.1) is 0 Å². The summed E-state index contributed by atoms with van der Waals surface area (Å²) < 4.78 is 1.36. The number of hydrogen-bond donors (Lipinski definition) is 2. The van der Waals surface area contributed by atoms with Crippen molar-refractivity contribution in [2.45, 2.75) is 19.9 Å². The summed E-state index contributed by atoms with van der Waals surface area (Å²) in [6.45, 7) is 3.67. The first-order valence-electron chi connectivity index (χ1n) is 5.45. The molecule has 0 saturated heterocycles. The van der Waals surface area contributed by atoms with Crippen molar-refractivity contribution in [1.82, 2.24) is 5.32 Å². The Morgan fingerprint density at radius 3 is 2.37 bits per heavy atom. The van der Waals surface area contributed by atoms with Crippen LogP contribution in [-0.4, -0.2) is 17.1 Å².